The topological polar surface area (TPSA) is 21.3 Å². The lowest BCUT2D eigenvalue weighted by molar-refractivity contribution is 0.218. The fourth-order valence-corrected chi connectivity index (χ4v) is 2.73. The molecule has 1 fully saturated rings. The molecule has 3 rings (SSSR count). The van der Waals surface area contributed by atoms with Gasteiger partial charge in [0, 0.05) is 11.0 Å². The molecule has 0 amide bonds. The van der Waals surface area contributed by atoms with Crippen molar-refractivity contribution < 1.29 is 9.13 Å². The normalized spacial score (nSPS) is 22.5. The molecule has 1 N–H and O–H groups in total. The zero-order valence-electron chi connectivity index (χ0n) is 8.55. The molecule has 2 heterocycles. The lowest BCUT2D eigenvalue weighted by Gasteiger charge is -2.32. The Labute approximate surface area is 88.4 Å². The molecule has 3 heteroatoms. The molecule has 15 heavy (non-hydrogen) atoms. The first-order chi connectivity index (χ1) is 7.32. The summed E-state index contributed by atoms with van der Waals surface area (Å²) in [4.78, 5) is 0. The van der Waals surface area contributed by atoms with E-state index in [9.17, 15) is 4.39 Å². The Morgan fingerprint density at radius 2 is 2.07 bits per heavy atom. The van der Waals surface area contributed by atoms with Crippen LogP contribution in [0.4, 0.5) is 4.39 Å². The van der Waals surface area contributed by atoms with E-state index in [-0.39, 0.29) is 11.2 Å². The lowest BCUT2D eigenvalue weighted by Crippen LogP contribution is -2.41. The van der Waals surface area contributed by atoms with Crippen LogP contribution in [0.1, 0.15) is 18.4 Å². The number of fused-ring (bicyclic) bond motifs is 2. The first-order valence-electron chi connectivity index (χ1n) is 5.44. The predicted molar refractivity (Wildman–Crippen MR) is 55.7 cm³/mol. The molecular weight excluding hydrogens is 193 g/mol. The monoisotopic (exact) mass is 207 g/mol. The average Bonchev–Trinajstić information content (AvgIpc) is 2.60. The second-order valence-corrected chi connectivity index (χ2v) is 4.43. The number of hydrogen-bond acceptors (Lipinski definition) is 2. The molecule has 2 aliphatic heterocycles. The Hall–Kier alpha value is -1.09. The number of halogens is 1. The van der Waals surface area contributed by atoms with Gasteiger partial charge in [0.05, 0.1) is 6.61 Å². The van der Waals surface area contributed by atoms with Gasteiger partial charge in [-0.05, 0) is 38.1 Å². The van der Waals surface area contributed by atoms with Crippen LogP contribution in [-0.2, 0) is 5.41 Å². The molecule has 1 aromatic rings. The number of nitrogens with one attached hydrogen (secondary N) is 1. The maximum Gasteiger partial charge on any atom is 0.130 e. The zero-order valence-corrected chi connectivity index (χ0v) is 8.55. The summed E-state index contributed by atoms with van der Waals surface area (Å²) in [5, 5.41) is 3.31. The summed E-state index contributed by atoms with van der Waals surface area (Å²) in [6, 6.07) is 5.13. The minimum absolute atomic E-state index is 0.0636. The summed E-state index contributed by atoms with van der Waals surface area (Å²) >= 11 is 0. The van der Waals surface area contributed by atoms with Crippen LogP contribution in [0.25, 0.3) is 0 Å². The van der Waals surface area contributed by atoms with Crippen LogP contribution >= 0.6 is 0 Å². The highest BCUT2D eigenvalue weighted by Crippen LogP contribution is 2.45. The maximum atomic E-state index is 13.8. The van der Waals surface area contributed by atoms with Crippen molar-refractivity contribution in [1.29, 1.82) is 0 Å². The molecule has 1 spiro atoms. The summed E-state index contributed by atoms with van der Waals surface area (Å²) in [5.41, 5.74) is 0.748. The first kappa shape index (κ1) is 9.16. The van der Waals surface area contributed by atoms with Crippen molar-refractivity contribution in [2.24, 2.45) is 0 Å². The minimum atomic E-state index is -0.105. The van der Waals surface area contributed by atoms with E-state index in [4.69, 9.17) is 4.74 Å². The van der Waals surface area contributed by atoms with E-state index in [2.05, 4.69) is 5.32 Å². The quantitative estimate of drug-likeness (QED) is 0.701. The van der Waals surface area contributed by atoms with E-state index >= 15 is 0 Å². The van der Waals surface area contributed by atoms with Crippen molar-refractivity contribution in [2.45, 2.75) is 18.3 Å². The Morgan fingerprint density at radius 3 is 2.87 bits per heavy atom. The molecule has 0 saturated carbocycles. The average molecular weight is 207 g/mol. The molecule has 1 aromatic carbocycles. The highest BCUT2D eigenvalue weighted by atomic mass is 19.1. The molecule has 0 aromatic heterocycles. The van der Waals surface area contributed by atoms with Gasteiger partial charge >= 0.3 is 0 Å². The Kier molecular flexibility index (Phi) is 1.96. The maximum absolute atomic E-state index is 13.8. The first-order valence-corrected chi connectivity index (χ1v) is 5.44. The van der Waals surface area contributed by atoms with E-state index < -0.39 is 0 Å². The van der Waals surface area contributed by atoms with Gasteiger partial charge in [-0.1, -0.05) is 6.07 Å². The Balaban J connectivity index is 2.09. The van der Waals surface area contributed by atoms with Crippen molar-refractivity contribution in [3.63, 3.8) is 0 Å². The SMILES string of the molecule is Fc1cccc2c1C1(CCNCC1)CO2. The van der Waals surface area contributed by atoms with E-state index in [0.29, 0.717) is 6.61 Å². The predicted octanol–water partition coefficient (Wildman–Crippen LogP) is 1.84. The lowest BCUT2D eigenvalue weighted by atomic mass is 9.75. The van der Waals surface area contributed by atoms with Crippen LogP contribution < -0.4 is 10.1 Å². The number of rotatable bonds is 0. The van der Waals surface area contributed by atoms with E-state index in [1.54, 1.807) is 6.07 Å². The fourth-order valence-electron chi connectivity index (χ4n) is 2.73. The van der Waals surface area contributed by atoms with Crippen LogP contribution in [0.15, 0.2) is 18.2 Å². The van der Waals surface area contributed by atoms with Gasteiger partial charge in [-0.2, -0.15) is 0 Å². The van der Waals surface area contributed by atoms with Crippen molar-refractivity contribution in [3.05, 3.63) is 29.6 Å². The number of hydrogen-bond donors (Lipinski definition) is 1. The molecule has 0 unspecified atom stereocenters. The Morgan fingerprint density at radius 1 is 1.27 bits per heavy atom. The molecule has 0 aliphatic carbocycles. The third kappa shape index (κ3) is 1.26. The second-order valence-electron chi connectivity index (χ2n) is 4.43. The van der Waals surface area contributed by atoms with Crippen molar-refractivity contribution in [3.8, 4) is 5.75 Å². The Bertz CT molecular complexity index is 380. The standard InChI is InChI=1S/C12H14FNO/c13-9-2-1-3-10-11(9)12(8-15-10)4-6-14-7-5-12/h1-3,14H,4-8H2. The summed E-state index contributed by atoms with van der Waals surface area (Å²) in [5.74, 6) is 0.642. The highest BCUT2D eigenvalue weighted by Gasteiger charge is 2.43. The van der Waals surface area contributed by atoms with Gasteiger partial charge in [0.1, 0.15) is 11.6 Å². The third-order valence-corrected chi connectivity index (χ3v) is 3.57. The summed E-state index contributed by atoms with van der Waals surface area (Å²) < 4.78 is 19.4. The number of ether oxygens (including phenoxy) is 1. The number of piperidine rings is 1. The van der Waals surface area contributed by atoms with Crippen LogP contribution in [0.2, 0.25) is 0 Å². The molecular formula is C12H14FNO. The van der Waals surface area contributed by atoms with Gasteiger partial charge in [-0.25, -0.2) is 4.39 Å². The molecule has 2 nitrogen and oxygen atoms in total. The van der Waals surface area contributed by atoms with Crippen molar-refractivity contribution >= 4 is 0 Å². The van der Waals surface area contributed by atoms with Gasteiger partial charge in [0.25, 0.3) is 0 Å². The van der Waals surface area contributed by atoms with Gasteiger partial charge < -0.3 is 10.1 Å². The third-order valence-electron chi connectivity index (χ3n) is 3.57. The van der Waals surface area contributed by atoms with Gasteiger partial charge in [0.15, 0.2) is 0 Å². The molecule has 80 valence electrons. The van der Waals surface area contributed by atoms with Crippen molar-refractivity contribution in [2.75, 3.05) is 19.7 Å². The fraction of sp³-hybridized carbons (Fsp3) is 0.500. The molecule has 0 radical (unpaired) electrons. The van der Waals surface area contributed by atoms with Crippen molar-refractivity contribution in [1.82, 2.24) is 5.32 Å². The summed E-state index contributed by atoms with van der Waals surface area (Å²) in [6.07, 6.45) is 1.95. The highest BCUT2D eigenvalue weighted by molar-refractivity contribution is 5.45. The van der Waals surface area contributed by atoms with Crippen LogP contribution in [0.3, 0.4) is 0 Å². The number of benzene rings is 1. The smallest absolute Gasteiger partial charge is 0.130 e. The second kappa shape index (κ2) is 3.20. The molecule has 1 saturated heterocycles. The largest absolute Gasteiger partial charge is 0.492 e. The summed E-state index contributed by atoms with van der Waals surface area (Å²) in [7, 11) is 0. The molecule has 2 aliphatic rings. The van der Waals surface area contributed by atoms with E-state index in [1.165, 1.54) is 6.07 Å². The van der Waals surface area contributed by atoms with Gasteiger partial charge in [0.2, 0.25) is 0 Å². The van der Waals surface area contributed by atoms with Crippen LogP contribution in [0.5, 0.6) is 5.75 Å². The minimum Gasteiger partial charge on any atom is -0.492 e. The summed E-state index contributed by atoms with van der Waals surface area (Å²) in [6.45, 7) is 2.55. The van der Waals surface area contributed by atoms with Crippen LogP contribution in [-0.4, -0.2) is 19.7 Å². The van der Waals surface area contributed by atoms with E-state index in [0.717, 1.165) is 37.2 Å². The molecule has 0 atom stereocenters. The zero-order chi connectivity index (χ0) is 10.3. The van der Waals surface area contributed by atoms with Gasteiger partial charge in [-0.15, -0.1) is 0 Å². The van der Waals surface area contributed by atoms with Crippen LogP contribution in [0, 0.1) is 5.82 Å². The molecule has 0 bridgehead atoms. The van der Waals surface area contributed by atoms with E-state index in [1.807, 2.05) is 6.07 Å². The van der Waals surface area contributed by atoms with Gasteiger partial charge in [-0.3, -0.25) is 0 Å².